The maximum atomic E-state index is 10.4. The fourth-order valence-corrected chi connectivity index (χ4v) is 5.36. The first kappa shape index (κ1) is 22.9. The Morgan fingerprint density at radius 1 is 0.971 bits per heavy atom. The van der Waals surface area contributed by atoms with Gasteiger partial charge < -0.3 is 9.84 Å². The van der Waals surface area contributed by atoms with Crippen molar-refractivity contribution in [2.45, 2.75) is 50.3 Å². The highest BCUT2D eigenvalue weighted by atomic mass is 35.5. The molecule has 0 saturated carbocycles. The van der Waals surface area contributed by atoms with Crippen molar-refractivity contribution >= 4 is 11.6 Å². The molecule has 4 nitrogen and oxygen atoms in total. The summed E-state index contributed by atoms with van der Waals surface area (Å²) in [4.78, 5) is 7.00. The van der Waals surface area contributed by atoms with Crippen molar-refractivity contribution in [3.8, 4) is 28.7 Å². The number of ether oxygens (including phenoxy) is 1. The van der Waals surface area contributed by atoms with Crippen LogP contribution in [0.1, 0.15) is 43.9 Å². The largest absolute Gasteiger partial charge is 0.492 e. The van der Waals surface area contributed by atoms with E-state index in [0.717, 1.165) is 52.5 Å². The highest BCUT2D eigenvalue weighted by Crippen LogP contribution is 2.40. The first-order chi connectivity index (χ1) is 16.4. The maximum absolute atomic E-state index is 10.4. The Morgan fingerprint density at radius 3 is 2.29 bits per heavy atom. The van der Waals surface area contributed by atoms with Crippen LogP contribution in [0.2, 0.25) is 5.02 Å². The van der Waals surface area contributed by atoms with Crippen molar-refractivity contribution in [1.29, 1.82) is 0 Å². The van der Waals surface area contributed by atoms with Crippen LogP contribution in [-0.4, -0.2) is 45.8 Å². The summed E-state index contributed by atoms with van der Waals surface area (Å²) in [6.07, 6.45) is 5.95. The number of piperidine rings is 1. The number of hydrogen-bond donors (Lipinski definition) is 1. The summed E-state index contributed by atoms with van der Waals surface area (Å²) in [6.45, 7) is 3.54. The molecule has 2 aliphatic rings. The van der Waals surface area contributed by atoms with Crippen LogP contribution < -0.4 is 4.74 Å². The first-order valence-electron chi connectivity index (χ1n) is 11.9. The molecule has 174 valence electrons. The van der Waals surface area contributed by atoms with Crippen LogP contribution in [-0.2, 0) is 0 Å². The minimum absolute atomic E-state index is 0.490. The Labute approximate surface area is 206 Å². The highest BCUT2D eigenvalue weighted by molar-refractivity contribution is 6.30. The Balaban J connectivity index is 1.13. The summed E-state index contributed by atoms with van der Waals surface area (Å²) < 4.78 is 5.99. The normalized spacial score (nSPS) is 23.9. The van der Waals surface area contributed by atoms with E-state index in [2.05, 4.69) is 21.7 Å². The van der Waals surface area contributed by atoms with Gasteiger partial charge in [0.2, 0.25) is 0 Å². The molecule has 1 N–H and O–H groups in total. The lowest BCUT2D eigenvalue weighted by molar-refractivity contribution is -0.0410. The van der Waals surface area contributed by atoms with Gasteiger partial charge in [-0.3, -0.25) is 4.90 Å². The molecule has 5 rings (SSSR count). The van der Waals surface area contributed by atoms with Gasteiger partial charge in [-0.15, -0.1) is 0 Å². The van der Waals surface area contributed by atoms with Gasteiger partial charge in [-0.1, -0.05) is 35.7 Å². The van der Waals surface area contributed by atoms with E-state index in [0.29, 0.717) is 18.7 Å². The third kappa shape index (κ3) is 5.45. The molecule has 3 heterocycles. The quantitative estimate of drug-likeness (QED) is 0.494. The predicted octanol–water partition coefficient (Wildman–Crippen LogP) is 5.56. The van der Waals surface area contributed by atoms with E-state index in [-0.39, 0.29) is 0 Å². The van der Waals surface area contributed by atoms with Gasteiger partial charge in [0.15, 0.2) is 0 Å². The first-order valence-corrected chi connectivity index (χ1v) is 12.3. The van der Waals surface area contributed by atoms with E-state index in [1.807, 2.05) is 73.8 Å². The fourth-order valence-electron chi connectivity index (χ4n) is 5.24. The number of hydrogen-bond acceptors (Lipinski definition) is 4. The smallest absolute Gasteiger partial charge is 0.119 e. The average molecular weight is 473 g/mol. The van der Waals surface area contributed by atoms with Gasteiger partial charge in [0, 0.05) is 41.0 Å². The Morgan fingerprint density at radius 2 is 1.65 bits per heavy atom. The summed E-state index contributed by atoms with van der Waals surface area (Å²) in [5.41, 5.74) is 3.26. The SMILES string of the molecule is CC1(O)CC2CCC(C1)N2CCOc1ccc(C#Cc2ccc(-c3ccc(Cl)cc3)cn2)cc1. The van der Waals surface area contributed by atoms with E-state index in [4.69, 9.17) is 16.3 Å². The summed E-state index contributed by atoms with van der Waals surface area (Å²) in [6, 6.07) is 20.5. The lowest BCUT2D eigenvalue weighted by atomic mass is 9.88. The minimum Gasteiger partial charge on any atom is -0.492 e. The third-order valence-corrected chi connectivity index (χ3v) is 7.12. The maximum Gasteiger partial charge on any atom is 0.119 e. The van der Waals surface area contributed by atoms with Gasteiger partial charge >= 0.3 is 0 Å². The molecule has 0 spiro atoms. The zero-order valence-corrected chi connectivity index (χ0v) is 20.1. The van der Waals surface area contributed by atoms with Crippen LogP contribution >= 0.6 is 11.6 Å². The van der Waals surface area contributed by atoms with Crippen molar-refractivity contribution in [3.63, 3.8) is 0 Å². The van der Waals surface area contributed by atoms with Gasteiger partial charge in [-0.2, -0.15) is 0 Å². The zero-order chi connectivity index (χ0) is 23.5. The summed E-state index contributed by atoms with van der Waals surface area (Å²) >= 11 is 5.96. The lowest BCUT2D eigenvalue weighted by Crippen LogP contribution is -2.50. The second-order valence-corrected chi connectivity index (χ2v) is 10.0. The topological polar surface area (TPSA) is 45.6 Å². The monoisotopic (exact) mass is 472 g/mol. The van der Waals surface area contributed by atoms with E-state index in [1.165, 1.54) is 12.8 Å². The Kier molecular flexibility index (Phi) is 6.61. The highest BCUT2D eigenvalue weighted by Gasteiger charge is 2.44. The van der Waals surface area contributed by atoms with Crippen molar-refractivity contribution in [3.05, 3.63) is 83.1 Å². The number of rotatable bonds is 5. The molecule has 34 heavy (non-hydrogen) atoms. The number of pyridine rings is 1. The van der Waals surface area contributed by atoms with Crippen LogP contribution in [0.4, 0.5) is 0 Å². The second kappa shape index (κ2) is 9.80. The van der Waals surface area contributed by atoms with Crippen LogP contribution in [0.15, 0.2) is 66.9 Å². The van der Waals surface area contributed by atoms with Gasteiger partial charge in [-0.25, -0.2) is 4.98 Å². The zero-order valence-electron chi connectivity index (χ0n) is 19.4. The molecule has 3 aromatic rings. The van der Waals surface area contributed by atoms with Gasteiger partial charge in [0.1, 0.15) is 18.1 Å². The number of aromatic nitrogens is 1. The molecule has 5 heteroatoms. The minimum atomic E-state index is -0.506. The van der Waals surface area contributed by atoms with E-state index in [9.17, 15) is 5.11 Å². The molecule has 2 unspecified atom stereocenters. The molecule has 2 aromatic carbocycles. The van der Waals surface area contributed by atoms with E-state index in [1.54, 1.807) is 0 Å². The molecule has 2 fully saturated rings. The van der Waals surface area contributed by atoms with Crippen molar-refractivity contribution < 1.29 is 9.84 Å². The summed E-state index contributed by atoms with van der Waals surface area (Å²) in [5.74, 6) is 7.15. The molecule has 2 saturated heterocycles. The van der Waals surface area contributed by atoms with Gasteiger partial charge in [-0.05, 0) is 86.6 Å². The van der Waals surface area contributed by atoms with Crippen molar-refractivity contribution in [2.24, 2.45) is 0 Å². The number of nitrogens with zero attached hydrogens (tertiary/aromatic N) is 2. The number of fused-ring (bicyclic) bond motifs is 2. The van der Waals surface area contributed by atoms with E-state index >= 15 is 0 Å². The molecular weight excluding hydrogens is 444 g/mol. The van der Waals surface area contributed by atoms with Gasteiger partial charge in [0.25, 0.3) is 0 Å². The number of benzene rings is 2. The Hall–Kier alpha value is -2.84. The predicted molar refractivity (Wildman–Crippen MR) is 136 cm³/mol. The standard InChI is InChI=1S/C29H29ClN2O2/c1-29(33)18-26-12-13-27(19-29)32(26)16-17-34-28-14-3-21(4-15-28)2-10-25-11-7-23(20-31-25)22-5-8-24(30)9-6-22/h3-9,11,14-15,20,26-27,33H,12-13,16-19H2,1H3. The summed E-state index contributed by atoms with van der Waals surface area (Å²) in [7, 11) is 0. The van der Waals surface area contributed by atoms with Crippen molar-refractivity contribution in [1.82, 2.24) is 9.88 Å². The third-order valence-electron chi connectivity index (χ3n) is 6.87. The van der Waals surface area contributed by atoms with Crippen LogP contribution in [0.25, 0.3) is 11.1 Å². The van der Waals surface area contributed by atoms with Crippen molar-refractivity contribution in [2.75, 3.05) is 13.2 Å². The average Bonchev–Trinajstić information content (AvgIpc) is 3.09. The molecular formula is C29H29ClN2O2. The van der Waals surface area contributed by atoms with Gasteiger partial charge in [0.05, 0.1) is 5.60 Å². The van der Waals surface area contributed by atoms with E-state index < -0.39 is 5.60 Å². The van der Waals surface area contributed by atoms with Crippen LogP contribution in [0.5, 0.6) is 5.75 Å². The Bertz CT molecular complexity index is 1160. The lowest BCUT2D eigenvalue weighted by Gasteiger charge is -2.42. The molecule has 1 aromatic heterocycles. The molecule has 2 bridgehead atoms. The fraction of sp³-hybridized carbons (Fsp3) is 0.345. The molecule has 2 atom stereocenters. The number of halogens is 1. The number of aliphatic hydroxyl groups is 1. The molecule has 0 aliphatic carbocycles. The van der Waals surface area contributed by atoms with Crippen LogP contribution in [0, 0.1) is 11.8 Å². The molecule has 2 aliphatic heterocycles. The second-order valence-electron chi connectivity index (χ2n) is 9.59. The molecule has 0 amide bonds. The molecule has 0 radical (unpaired) electrons. The summed E-state index contributed by atoms with van der Waals surface area (Å²) in [5, 5.41) is 11.1. The van der Waals surface area contributed by atoms with Crippen LogP contribution in [0.3, 0.4) is 0 Å².